The summed E-state index contributed by atoms with van der Waals surface area (Å²) >= 11 is 6.13. The Kier molecular flexibility index (Phi) is 10.5. The van der Waals surface area contributed by atoms with Gasteiger partial charge in [0.05, 0.1) is 6.54 Å². The molecule has 0 atom stereocenters. The summed E-state index contributed by atoms with van der Waals surface area (Å²) in [6, 6.07) is 11.9. The van der Waals surface area contributed by atoms with Crippen molar-refractivity contribution in [1.82, 2.24) is 15.2 Å². The zero-order chi connectivity index (χ0) is 22.2. The molecule has 2 aromatic rings. The number of pyridine rings is 1. The number of halogens is 2. The number of nitrogens with zero attached hydrogens (tertiary/aromatic N) is 4. The average Bonchev–Trinajstić information content (AvgIpc) is 2.77. The quantitative estimate of drug-likeness (QED) is 0.302. The number of aromatic nitrogens is 1. The summed E-state index contributed by atoms with van der Waals surface area (Å²) in [7, 11) is 2.02. The molecule has 0 aliphatic carbocycles. The van der Waals surface area contributed by atoms with Crippen molar-refractivity contribution in [1.29, 1.82) is 0 Å². The molecule has 1 aromatic carbocycles. The fourth-order valence-electron chi connectivity index (χ4n) is 3.83. The molecule has 32 heavy (non-hydrogen) atoms. The molecule has 0 bridgehead atoms. The molecule has 1 saturated heterocycles. The number of carbonyl (C=O) groups is 1. The van der Waals surface area contributed by atoms with Crippen molar-refractivity contribution in [3.63, 3.8) is 0 Å². The molecular formula is C23H32ClIN6O. The Bertz CT molecular complexity index is 917. The summed E-state index contributed by atoms with van der Waals surface area (Å²) < 4.78 is 0. The van der Waals surface area contributed by atoms with E-state index in [1.54, 1.807) is 6.20 Å². The third-order valence-corrected chi connectivity index (χ3v) is 5.70. The Morgan fingerprint density at radius 3 is 2.72 bits per heavy atom. The highest BCUT2D eigenvalue weighted by Gasteiger charge is 2.25. The van der Waals surface area contributed by atoms with Crippen molar-refractivity contribution in [2.75, 3.05) is 31.6 Å². The van der Waals surface area contributed by atoms with Gasteiger partial charge < -0.3 is 20.9 Å². The molecule has 1 aliphatic heterocycles. The lowest BCUT2D eigenvalue weighted by atomic mass is 9.96. The predicted octanol–water partition coefficient (Wildman–Crippen LogP) is 3.65. The number of nitrogens with one attached hydrogen (secondary N) is 1. The van der Waals surface area contributed by atoms with E-state index < -0.39 is 0 Å². The SMILES string of the molecule is CCNC(=NCc1cccnc1N1CCC(C(N)=O)CC1)N(C)Cc1cccc(Cl)c1.I. The third kappa shape index (κ3) is 7.23. The van der Waals surface area contributed by atoms with Crippen molar-refractivity contribution < 1.29 is 4.79 Å². The Labute approximate surface area is 212 Å². The third-order valence-electron chi connectivity index (χ3n) is 5.47. The van der Waals surface area contributed by atoms with E-state index in [-0.39, 0.29) is 35.8 Å². The molecular weight excluding hydrogens is 539 g/mol. The summed E-state index contributed by atoms with van der Waals surface area (Å²) in [5.74, 6) is 1.51. The number of benzene rings is 1. The smallest absolute Gasteiger partial charge is 0.220 e. The number of primary amides is 1. The maximum atomic E-state index is 11.5. The molecule has 0 unspecified atom stereocenters. The minimum absolute atomic E-state index is 0. The second-order valence-corrected chi connectivity index (χ2v) is 8.24. The van der Waals surface area contributed by atoms with E-state index in [0.717, 1.165) is 60.4 Å². The van der Waals surface area contributed by atoms with Crippen LogP contribution in [-0.2, 0) is 17.9 Å². The van der Waals surface area contributed by atoms with Crippen molar-refractivity contribution in [3.05, 3.63) is 58.7 Å². The van der Waals surface area contributed by atoms with Gasteiger partial charge >= 0.3 is 0 Å². The highest BCUT2D eigenvalue weighted by molar-refractivity contribution is 14.0. The number of aliphatic imine (C=N–C) groups is 1. The van der Waals surface area contributed by atoms with Crippen molar-refractivity contribution >= 4 is 53.3 Å². The minimum Gasteiger partial charge on any atom is -0.369 e. The van der Waals surface area contributed by atoms with E-state index >= 15 is 0 Å². The van der Waals surface area contributed by atoms with Gasteiger partial charge in [-0.2, -0.15) is 0 Å². The fraction of sp³-hybridized carbons (Fsp3) is 0.435. The predicted molar refractivity (Wildman–Crippen MR) is 142 cm³/mol. The Morgan fingerprint density at radius 1 is 1.31 bits per heavy atom. The highest BCUT2D eigenvalue weighted by Crippen LogP contribution is 2.25. The molecule has 2 heterocycles. The largest absolute Gasteiger partial charge is 0.369 e. The summed E-state index contributed by atoms with van der Waals surface area (Å²) in [5, 5.41) is 4.09. The number of piperidine rings is 1. The Hall–Kier alpha value is -2.07. The summed E-state index contributed by atoms with van der Waals surface area (Å²) in [6.45, 7) is 5.60. The number of anilines is 1. The van der Waals surface area contributed by atoms with Crippen LogP contribution >= 0.6 is 35.6 Å². The van der Waals surface area contributed by atoms with Crippen molar-refractivity contribution in [3.8, 4) is 0 Å². The van der Waals surface area contributed by atoms with Crippen LogP contribution in [0.2, 0.25) is 5.02 Å². The standard InChI is InChI=1S/C23H31ClN6O.HI/c1-3-26-23(29(2)16-17-6-4-8-20(24)14-17)28-15-19-7-5-11-27-22(19)30-12-9-18(10-13-30)21(25)31;/h4-8,11,14,18H,3,9-10,12-13,15-16H2,1-2H3,(H2,25,31)(H,26,28);1H. The number of rotatable bonds is 7. The second kappa shape index (κ2) is 12.8. The molecule has 1 fully saturated rings. The first-order valence-corrected chi connectivity index (χ1v) is 11.1. The van der Waals surface area contributed by atoms with E-state index in [9.17, 15) is 4.79 Å². The number of nitrogens with two attached hydrogens (primary N) is 1. The molecule has 3 rings (SSSR count). The topological polar surface area (TPSA) is 86.9 Å². The molecule has 7 nitrogen and oxygen atoms in total. The van der Waals surface area contributed by atoms with Crippen molar-refractivity contribution in [2.24, 2.45) is 16.6 Å². The Balaban J connectivity index is 0.00000363. The van der Waals surface area contributed by atoms with Crippen molar-refractivity contribution in [2.45, 2.75) is 32.9 Å². The van der Waals surface area contributed by atoms with Crippen LogP contribution in [-0.4, -0.2) is 48.4 Å². The monoisotopic (exact) mass is 570 g/mol. The molecule has 1 aliphatic rings. The van der Waals surface area contributed by atoms with Gasteiger partial charge in [0.15, 0.2) is 5.96 Å². The Morgan fingerprint density at radius 2 is 2.06 bits per heavy atom. The minimum atomic E-state index is -0.205. The highest BCUT2D eigenvalue weighted by atomic mass is 127. The second-order valence-electron chi connectivity index (χ2n) is 7.81. The zero-order valence-electron chi connectivity index (χ0n) is 18.6. The van der Waals surface area contributed by atoms with E-state index in [1.165, 1.54) is 0 Å². The first-order valence-electron chi connectivity index (χ1n) is 10.7. The van der Waals surface area contributed by atoms with Gasteiger partial charge in [-0.25, -0.2) is 9.98 Å². The molecule has 1 aromatic heterocycles. The van der Waals surface area contributed by atoms with Gasteiger partial charge in [0.25, 0.3) is 0 Å². The molecule has 9 heteroatoms. The summed E-state index contributed by atoms with van der Waals surface area (Å²) in [5.41, 5.74) is 7.66. The number of hydrogen-bond donors (Lipinski definition) is 2. The number of amides is 1. The van der Waals surface area contributed by atoms with Crippen LogP contribution in [0, 0.1) is 5.92 Å². The molecule has 0 radical (unpaired) electrons. The van der Waals surface area contributed by atoms with Gasteiger partial charge in [0.2, 0.25) is 5.91 Å². The van der Waals surface area contributed by atoms with E-state index in [4.69, 9.17) is 22.3 Å². The maximum Gasteiger partial charge on any atom is 0.220 e. The maximum absolute atomic E-state index is 11.5. The van der Waals surface area contributed by atoms with Gasteiger partial charge in [-0.05, 0) is 43.5 Å². The first kappa shape index (κ1) is 26.2. The van der Waals surface area contributed by atoms with Gasteiger partial charge in [-0.3, -0.25) is 4.79 Å². The molecule has 3 N–H and O–H groups in total. The van der Waals surface area contributed by atoms with Gasteiger partial charge in [0.1, 0.15) is 5.82 Å². The van der Waals surface area contributed by atoms with E-state index in [1.807, 2.05) is 31.3 Å². The van der Waals surface area contributed by atoms with Gasteiger partial charge in [0, 0.05) is 55.9 Å². The number of hydrogen-bond acceptors (Lipinski definition) is 4. The van der Waals surface area contributed by atoms with Crippen LogP contribution in [0.3, 0.4) is 0 Å². The van der Waals surface area contributed by atoms with Crippen LogP contribution in [0.4, 0.5) is 5.82 Å². The molecule has 174 valence electrons. The molecule has 0 saturated carbocycles. The normalized spacial score (nSPS) is 14.6. The van der Waals surface area contributed by atoms with Crippen LogP contribution in [0.5, 0.6) is 0 Å². The van der Waals surface area contributed by atoms with Gasteiger partial charge in [-0.1, -0.05) is 29.8 Å². The van der Waals surface area contributed by atoms with Crippen LogP contribution in [0.25, 0.3) is 0 Å². The van der Waals surface area contributed by atoms with Crippen LogP contribution in [0.15, 0.2) is 47.6 Å². The molecule has 0 spiro atoms. The fourth-order valence-corrected chi connectivity index (χ4v) is 4.04. The lowest BCUT2D eigenvalue weighted by Gasteiger charge is -2.32. The first-order chi connectivity index (χ1) is 15.0. The van der Waals surface area contributed by atoms with E-state index in [0.29, 0.717) is 13.1 Å². The number of carbonyl (C=O) groups excluding carboxylic acids is 1. The summed E-state index contributed by atoms with van der Waals surface area (Å²) in [4.78, 5) is 25.3. The van der Waals surface area contributed by atoms with Gasteiger partial charge in [-0.15, -0.1) is 24.0 Å². The number of guanidine groups is 1. The summed E-state index contributed by atoms with van der Waals surface area (Å²) in [6.07, 6.45) is 3.33. The van der Waals surface area contributed by atoms with Crippen LogP contribution in [0.1, 0.15) is 30.9 Å². The average molecular weight is 571 g/mol. The van der Waals surface area contributed by atoms with E-state index in [2.05, 4.69) is 39.2 Å². The molecule has 1 amide bonds. The lowest BCUT2D eigenvalue weighted by molar-refractivity contribution is -0.122. The zero-order valence-corrected chi connectivity index (χ0v) is 21.7. The lowest BCUT2D eigenvalue weighted by Crippen LogP contribution is -2.39. The van der Waals surface area contributed by atoms with Crippen LogP contribution < -0.4 is 16.0 Å².